The summed E-state index contributed by atoms with van der Waals surface area (Å²) in [5, 5.41) is 12.8. The fourth-order valence-electron chi connectivity index (χ4n) is 5.29. The van der Waals surface area contributed by atoms with Crippen LogP contribution in [-0.2, 0) is 14.3 Å². The minimum Gasteiger partial charge on any atom is -0.378 e. The molecule has 1 aliphatic carbocycles. The van der Waals surface area contributed by atoms with Gasteiger partial charge in [-0.15, -0.1) is 0 Å². The number of ether oxygens (including phenoxy) is 1. The fraction of sp³-hybridized carbons (Fsp3) is 0.708. The number of nitrogens with one attached hydrogen (secondary N) is 1. The number of aromatic nitrogens is 1. The van der Waals surface area contributed by atoms with Gasteiger partial charge < -0.3 is 19.5 Å². The lowest BCUT2D eigenvalue weighted by Crippen LogP contribution is -2.52. The van der Waals surface area contributed by atoms with Crippen LogP contribution < -0.4 is 5.32 Å². The number of anilines is 1. The Morgan fingerprint density at radius 2 is 1.61 bits per heavy atom. The molecule has 1 saturated carbocycles. The lowest BCUT2D eigenvalue weighted by Gasteiger charge is -2.35. The highest BCUT2D eigenvalue weighted by molar-refractivity contribution is 5.93. The van der Waals surface area contributed by atoms with E-state index < -0.39 is 0 Å². The third-order valence-electron chi connectivity index (χ3n) is 7.37. The first-order chi connectivity index (χ1) is 16.0. The number of nitrogens with zero attached hydrogens (tertiary/aromatic N) is 5. The van der Waals surface area contributed by atoms with E-state index in [2.05, 4.69) is 25.8 Å². The van der Waals surface area contributed by atoms with Crippen molar-refractivity contribution in [2.75, 3.05) is 70.9 Å². The first kappa shape index (κ1) is 23.7. The molecule has 0 spiro atoms. The van der Waals surface area contributed by atoms with Crippen molar-refractivity contribution in [1.29, 1.82) is 5.26 Å². The summed E-state index contributed by atoms with van der Waals surface area (Å²) in [6.07, 6.45) is 4.56. The van der Waals surface area contributed by atoms with Crippen molar-refractivity contribution in [1.82, 2.24) is 19.3 Å². The molecule has 1 N–H and O–H groups in total. The number of morpholine rings is 1. The lowest BCUT2D eigenvalue weighted by molar-refractivity contribution is -0.137. The van der Waals surface area contributed by atoms with Crippen molar-refractivity contribution in [3.8, 4) is 6.07 Å². The van der Waals surface area contributed by atoms with Crippen LogP contribution in [-0.4, -0.2) is 96.7 Å². The summed E-state index contributed by atoms with van der Waals surface area (Å²) < 4.78 is 7.51. The maximum absolute atomic E-state index is 12.9. The molecule has 180 valence electrons. The molecule has 9 nitrogen and oxygen atoms in total. The first-order valence-corrected chi connectivity index (χ1v) is 12.2. The Kier molecular flexibility index (Phi) is 7.68. The van der Waals surface area contributed by atoms with Gasteiger partial charge in [-0.2, -0.15) is 5.26 Å². The number of amides is 2. The summed E-state index contributed by atoms with van der Waals surface area (Å²) >= 11 is 0. The number of carbonyl (C=O) groups is 2. The average molecular weight is 457 g/mol. The van der Waals surface area contributed by atoms with Gasteiger partial charge in [-0.05, 0) is 32.3 Å². The van der Waals surface area contributed by atoms with E-state index in [0.29, 0.717) is 56.8 Å². The number of rotatable bonds is 6. The number of hydrogen-bond acceptors (Lipinski definition) is 6. The van der Waals surface area contributed by atoms with Crippen molar-refractivity contribution in [2.45, 2.75) is 45.6 Å². The topological polar surface area (TPSA) is 93.8 Å². The highest BCUT2D eigenvalue weighted by atomic mass is 16.5. The average Bonchev–Trinajstić information content (AvgIpc) is 3.42. The molecule has 0 bridgehead atoms. The van der Waals surface area contributed by atoms with Crippen LogP contribution in [0.5, 0.6) is 0 Å². The van der Waals surface area contributed by atoms with E-state index >= 15 is 0 Å². The monoisotopic (exact) mass is 456 g/mol. The molecule has 3 aliphatic rings. The van der Waals surface area contributed by atoms with Gasteiger partial charge in [0.1, 0.15) is 11.9 Å². The SMILES string of the molecule is Cc1c(C#N)c(NC(=O)CN2CCN(CC(=O)N3CCOCC3)CC2)n(C2CCCC2)c1C. The van der Waals surface area contributed by atoms with Crippen molar-refractivity contribution >= 4 is 17.6 Å². The molecule has 3 fully saturated rings. The van der Waals surface area contributed by atoms with Crippen LogP contribution in [0.4, 0.5) is 5.82 Å². The third-order valence-corrected chi connectivity index (χ3v) is 7.37. The predicted octanol–water partition coefficient (Wildman–Crippen LogP) is 1.51. The van der Waals surface area contributed by atoms with Crippen LogP contribution >= 0.6 is 0 Å². The molecule has 0 aromatic carbocycles. The van der Waals surface area contributed by atoms with Crippen LogP contribution in [0, 0.1) is 25.2 Å². The number of carbonyl (C=O) groups excluding carboxylic acids is 2. The molecule has 2 saturated heterocycles. The van der Waals surface area contributed by atoms with E-state index in [1.165, 1.54) is 12.8 Å². The molecule has 2 aliphatic heterocycles. The van der Waals surface area contributed by atoms with Crippen LogP contribution in [0.15, 0.2) is 0 Å². The van der Waals surface area contributed by atoms with Gasteiger partial charge in [-0.3, -0.25) is 19.4 Å². The van der Waals surface area contributed by atoms with Crippen molar-refractivity contribution in [2.24, 2.45) is 0 Å². The molecule has 4 rings (SSSR count). The number of hydrogen-bond donors (Lipinski definition) is 1. The Morgan fingerprint density at radius 3 is 2.21 bits per heavy atom. The Balaban J connectivity index is 1.31. The maximum atomic E-state index is 12.9. The van der Waals surface area contributed by atoms with Crippen molar-refractivity contribution < 1.29 is 14.3 Å². The molecule has 1 aromatic rings. The summed E-state index contributed by atoms with van der Waals surface area (Å²) in [4.78, 5) is 31.6. The third kappa shape index (κ3) is 5.40. The fourth-order valence-corrected chi connectivity index (χ4v) is 5.29. The molecule has 2 amide bonds. The van der Waals surface area contributed by atoms with Crippen LogP contribution in [0.3, 0.4) is 0 Å². The minimum atomic E-state index is -0.0823. The Labute approximate surface area is 196 Å². The van der Waals surface area contributed by atoms with E-state index in [1.54, 1.807) is 0 Å². The molecule has 1 aromatic heterocycles. The summed E-state index contributed by atoms with van der Waals surface area (Å²) in [6.45, 7) is 10.3. The molecule has 0 radical (unpaired) electrons. The van der Waals surface area contributed by atoms with Gasteiger partial charge in [0, 0.05) is 51.0 Å². The number of piperazine rings is 1. The molecule has 33 heavy (non-hydrogen) atoms. The molecule has 0 unspecified atom stereocenters. The van der Waals surface area contributed by atoms with Gasteiger partial charge in [0.05, 0.1) is 31.9 Å². The predicted molar refractivity (Wildman–Crippen MR) is 125 cm³/mol. The Morgan fingerprint density at radius 1 is 1.00 bits per heavy atom. The smallest absolute Gasteiger partial charge is 0.239 e. The summed E-state index contributed by atoms with van der Waals surface area (Å²) in [6, 6.07) is 2.66. The largest absolute Gasteiger partial charge is 0.378 e. The zero-order valence-corrected chi connectivity index (χ0v) is 19.9. The molecular formula is C24H36N6O3. The second-order valence-electron chi connectivity index (χ2n) is 9.45. The van der Waals surface area contributed by atoms with Crippen LogP contribution in [0.2, 0.25) is 0 Å². The molecule has 0 atom stereocenters. The van der Waals surface area contributed by atoms with E-state index in [0.717, 1.165) is 50.3 Å². The normalized spacial score (nSPS) is 20.7. The van der Waals surface area contributed by atoms with E-state index in [-0.39, 0.29) is 11.8 Å². The zero-order chi connectivity index (χ0) is 23.4. The summed E-state index contributed by atoms with van der Waals surface area (Å²) in [7, 11) is 0. The molecular weight excluding hydrogens is 420 g/mol. The minimum absolute atomic E-state index is 0.0823. The lowest BCUT2D eigenvalue weighted by atomic mass is 10.2. The number of nitriles is 1. The van der Waals surface area contributed by atoms with Gasteiger partial charge in [0.25, 0.3) is 0 Å². The van der Waals surface area contributed by atoms with Gasteiger partial charge in [-0.25, -0.2) is 0 Å². The van der Waals surface area contributed by atoms with Gasteiger partial charge in [-0.1, -0.05) is 12.8 Å². The van der Waals surface area contributed by atoms with Crippen LogP contribution in [0.1, 0.15) is 48.5 Å². The van der Waals surface area contributed by atoms with Crippen molar-refractivity contribution in [3.63, 3.8) is 0 Å². The highest BCUT2D eigenvalue weighted by Gasteiger charge is 2.28. The van der Waals surface area contributed by atoms with Gasteiger partial charge in [0.2, 0.25) is 11.8 Å². The van der Waals surface area contributed by atoms with Crippen molar-refractivity contribution in [3.05, 3.63) is 16.8 Å². The molecule has 9 heteroatoms. The second-order valence-corrected chi connectivity index (χ2v) is 9.45. The van der Waals surface area contributed by atoms with Gasteiger partial charge >= 0.3 is 0 Å². The highest BCUT2D eigenvalue weighted by Crippen LogP contribution is 2.37. The van der Waals surface area contributed by atoms with Gasteiger partial charge in [0.15, 0.2) is 0 Å². The van der Waals surface area contributed by atoms with E-state index in [1.807, 2.05) is 18.7 Å². The summed E-state index contributed by atoms with van der Waals surface area (Å²) in [5.41, 5.74) is 2.62. The van der Waals surface area contributed by atoms with E-state index in [9.17, 15) is 14.9 Å². The Hall–Kier alpha value is -2.41. The Bertz CT molecular complexity index is 900. The van der Waals surface area contributed by atoms with Crippen LogP contribution in [0.25, 0.3) is 0 Å². The maximum Gasteiger partial charge on any atom is 0.239 e. The quantitative estimate of drug-likeness (QED) is 0.697. The summed E-state index contributed by atoms with van der Waals surface area (Å²) in [5.74, 6) is 0.743. The zero-order valence-electron chi connectivity index (χ0n) is 19.9. The van der Waals surface area contributed by atoms with E-state index in [4.69, 9.17) is 4.74 Å². The molecule has 3 heterocycles. The second kappa shape index (κ2) is 10.7. The standard InChI is InChI=1S/C24H36N6O3/c1-18-19(2)30(20-5-3-4-6-20)24(21(18)15-25)26-22(31)16-27-7-9-28(10-8-27)17-23(32)29-11-13-33-14-12-29/h20H,3-14,16-17H2,1-2H3,(H,26,31). The first-order valence-electron chi connectivity index (χ1n) is 12.2.